The summed E-state index contributed by atoms with van der Waals surface area (Å²) in [6, 6.07) is 6.57. The molecule has 0 radical (unpaired) electrons. The molecule has 116 valence electrons. The molecule has 1 aliphatic carbocycles. The molecule has 0 bridgehead atoms. The van der Waals surface area contributed by atoms with Crippen LogP contribution < -0.4 is 5.73 Å². The molecule has 0 aromatic heterocycles. The van der Waals surface area contributed by atoms with Crippen molar-refractivity contribution >= 4 is 5.91 Å². The minimum absolute atomic E-state index is 0.0678. The Morgan fingerprint density at radius 3 is 2.67 bits per heavy atom. The molecule has 1 aromatic carbocycles. The molecule has 1 fully saturated rings. The predicted octanol–water partition coefficient (Wildman–Crippen LogP) is 2.88. The Hall–Kier alpha value is -1.42. The van der Waals surface area contributed by atoms with Crippen molar-refractivity contribution in [3.05, 3.63) is 35.6 Å². The number of amides is 1. The normalized spacial score (nSPS) is 16.9. The number of nitrogens with zero attached hydrogens (tertiary/aromatic N) is 1. The van der Waals surface area contributed by atoms with Crippen molar-refractivity contribution in [3.63, 3.8) is 0 Å². The van der Waals surface area contributed by atoms with Gasteiger partial charge >= 0.3 is 0 Å². The smallest absolute Gasteiger partial charge is 0.242 e. The molecule has 21 heavy (non-hydrogen) atoms. The fourth-order valence-electron chi connectivity index (χ4n) is 3.08. The van der Waals surface area contributed by atoms with Crippen molar-refractivity contribution in [1.29, 1.82) is 0 Å². The molecule has 0 spiro atoms. The zero-order valence-electron chi connectivity index (χ0n) is 12.8. The van der Waals surface area contributed by atoms with E-state index in [1.807, 2.05) is 11.0 Å². The highest BCUT2D eigenvalue weighted by Crippen LogP contribution is 2.29. The maximum absolute atomic E-state index is 13.2. The minimum Gasteiger partial charge on any atom is -0.341 e. The van der Waals surface area contributed by atoms with Gasteiger partial charge in [-0.1, -0.05) is 31.9 Å². The topological polar surface area (TPSA) is 46.3 Å². The second-order valence-corrected chi connectivity index (χ2v) is 6.04. The van der Waals surface area contributed by atoms with Crippen molar-refractivity contribution in [2.24, 2.45) is 5.73 Å². The first kappa shape index (κ1) is 16.0. The van der Waals surface area contributed by atoms with Gasteiger partial charge in [0.15, 0.2) is 0 Å². The van der Waals surface area contributed by atoms with Gasteiger partial charge in [0.2, 0.25) is 5.91 Å². The van der Waals surface area contributed by atoms with Crippen LogP contribution >= 0.6 is 0 Å². The third-order valence-corrected chi connectivity index (χ3v) is 4.26. The lowest BCUT2D eigenvalue weighted by molar-refractivity contribution is -0.136. The summed E-state index contributed by atoms with van der Waals surface area (Å²) in [6.07, 6.45) is 5.21. The first-order chi connectivity index (χ1) is 10.0. The number of carbonyl (C=O) groups excluding carboxylic acids is 1. The van der Waals surface area contributed by atoms with Crippen LogP contribution in [0.1, 0.15) is 44.6 Å². The number of nitrogens with two attached hydrogens (primary N) is 1. The van der Waals surface area contributed by atoms with Crippen LogP contribution in [0.15, 0.2) is 24.3 Å². The Morgan fingerprint density at radius 1 is 1.33 bits per heavy atom. The third-order valence-electron chi connectivity index (χ3n) is 4.26. The zero-order chi connectivity index (χ0) is 15.3. The van der Waals surface area contributed by atoms with Crippen molar-refractivity contribution in [3.8, 4) is 0 Å². The molecule has 1 aromatic rings. The van der Waals surface area contributed by atoms with Crippen molar-refractivity contribution in [2.45, 2.75) is 51.0 Å². The summed E-state index contributed by atoms with van der Waals surface area (Å²) in [5.41, 5.74) is 6.52. The Labute approximate surface area is 126 Å². The van der Waals surface area contributed by atoms with Crippen molar-refractivity contribution < 1.29 is 9.18 Å². The van der Waals surface area contributed by atoms with Gasteiger partial charge in [0, 0.05) is 13.1 Å². The van der Waals surface area contributed by atoms with Crippen LogP contribution in [0.25, 0.3) is 0 Å². The molecule has 0 saturated heterocycles. The molecule has 1 aliphatic rings. The summed E-state index contributed by atoms with van der Waals surface area (Å²) in [5.74, 6) is -0.162. The molecule has 0 unspecified atom stereocenters. The number of hydrogen-bond acceptors (Lipinski definition) is 2. The zero-order valence-corrected chi connectivity index (χ0v) is 12.8. The second kappa shape index (κ2) is 7.03. The van der Waals surface area contributed by atoms with E-state index in [0.29, 0.717) is 19.5 Å². The Bertz CT molecular complexity index is 483. The van der Waals surface area contributed by atoms with E-state index < -0.39 is 5.54 Å². The lowest BCUT2D eigenvalue weighted by Gasteiger charge is -2.31. The number of carbonyl (C=O) groups is 1. The van der Waals surface area contributed by atoms with Gasteiger partial charge in [-0.3, -0.25) is 4.79 Å². The van der Waals surface area contributed by atoms with E-state index >= 15 is 0 Å². The molecule has 4 heteroatoms. The summed E-state index contributed by atoms with van der Waals surface area (Å²) >= 11 is 0. The fraction of sp³-hybridized carbons (Fsp3) is 0.588. The maximum Gasteiger partial charge on any atom is 0.242 e. The monoisotopic (exact) mass is 292 g/mol. The minimum atomic E-state index is -0.670. The molecule has 0 heterocycles. The van der Waals surface area contributed by atoms with Crippen molar-refractivity contribution in [2.75, 3.05) is 13.1 Å². The average molecular weight is 292 g/mol. The molecular weight excluding hydrogens is 267 g/mol. The molecule has 1 amide bonds. The molecule has 3 nitrogen and oxygen atoms in total. The van der Waals surface area contributed by atoms with Gasteiger partial charge in [-0.2, -0.15) is 0 Å². The Morgan fingerprint density at radius 2 is 2.05 bits per heavy atom. The standard InChI is InChI=1S/C17H25FN2O/c1-2-11-20(16(21)17(19)9-3-4-10-17)12-8-14-6-5-7-15(18)13-14/h5-7,13H,2-4,8-12,19H2,1H3. The molecule has 0 aliphatic heterocycles. The first-order valence-electron chi connectivity index (χ1n) is 7.88. The van der Waals surface area contributed by atoms with Gasteiger partial charge < -0.3 is 10.6 Å². The fourth-order valence-corrected chi connectivity index (χ4v) is 3.08. The summed E-state index contributed by atoms with van der Waals surface area (Å²) in [5, 5.41) is 0. The highest BCUT2D eigenvalue weighted by molar-refractivity contribution is 5.86. The highest BCUT2D eigenvalue weighted by atomic mass is 19.1. The largest absolute Gasteiger partial charge is 0.341 e. The van der Waals surface area contributed by atoms with Gasteiger partial charge in [0.1, 0.15) is 5.82 Å². The van der Waals surface area contributed by atoms with E-state index in [2.05, 4.69) is 6.92 Å². The van der Waals surface area contributed by atoms with Crippen LogP contribution in [-0.2, 0) is 11.2 Å². The van der Waals surface area contributed by atoms with Gasteiger partial charge in [0.05, 0.1) is 5.54 Å². The van der Waals surface area contributed by atoms with Gasteiger partial charge in [-0.25, -0.2) is 4.39 Å². The van der Waals surface area contributed by atoms with E-state index in [1.165, 1.54) is 12.1 Å². The number of halogens is 1. The quantitative estimate of drug-likeness (QED) is 0.876. The molecule has 1 saturated carbocycles. The predicted molar refractivity (Wildman–Crippen MR) is 82.4 cm³/mol. The summed E-state index contributed by atoms with van der Waals surface area (Å²) in [4.78, 5) is 14.5. The number of hydrogen-bond donors (Lipinski definition) is 1. The second-order valence-electron chi connectivity index (χ2n) is 6.04. The Balaban J connectivity index is 2.00. The van der Waals surface area contributed by atoms with E-state index in [0.717, 1.165) is 37.7 Å². The molecular formula is C17H25FN2O. The lowest BCUT2D eigenvalue weighted by Crippen LogP contribution is -2.54. The summed E-state index contributed by atoms with van der Waals surface area (Å²) < 4.78 is 13.2. The van der Waals surface area contributed by atoms with Crippen LogP contribution in [0.2, 0.25) is 0 Å². The summed E-state index contributed by atoms with van der Waals surface area (Å²) in [7, 11) is 0. The number of rotatable bonds is 6. The van der Waals surface area contributed by atoms with Crippen LogP contribution in [0, 0.1) is 5.82 Å². The highest BCUT2D eigenvalue weighted by Gasteiger charge is 2.39. The van der Waals surface area contributed by atoms with Gasteiger partial charge in [-0.15, -0.1) is 0 Å². The van der Waals surface area contributed by atoms with Gasteiger partial charge in [0.25, 0.3) is 0 Å². The van der Waals surface area contributed by atoms with Crippen LogP contribution in [0.5, 0.6) is 0 Å². The number of benzene rings is 1. The van der Waals surface area contributed by atoms with Crippen LogP contribution in [0.3, 0.4) is 0 Å². The SMILES string of the molecule is CCCN(CCc1cccc(F)c1)C(=O)C1(N)CCCC1. The first-order valence-corrected chi connectivity index (χ1v) is 7.88. The summed E-state index contributed by atoms with van der Waals surface area (Å²) in [6.45, 7) is 3.38. The van der Waals surface area contributed by atoms with Crippen molar-refractivity contribution in [1.82, 2.24) is 4.90 Å². The molecule has 2 N–H and O–H groups in total. The van der Waals surface area contributed by atoms with E-state index in [9.17, 15) is 9.18 Å². The van der Waals surface area contributed by atoms with Crippen LogP contribution in [0.4, 0.5) is 4.39 Å². The van der Waals surface area contributed by atoms with E-state index in [-0.39, 0.29) is 11.7 Å². The molecule has 0 atom stereocenters. The average Bonchev–Trinajstić information content (AvgIpc) is 2.91. The van der Waals surface area contributed by atoms with E-state index in [4.69, 9.17) is 5.73 Å². The molecule has 2 rings (SSSR count). The van der Waals surface area contributed by atoms with E-state index in [1.54, 1.807) is 6.07 Å². The maximum atomic E-state index is 13.2. The Kier molecular flexibility index (Phi) is 5.34. The van der Waals surface area contributed by atoms with Crippen LogP contribution in [-0.4, -0.2) is 29.4 Å². The lowest BCUT2D eigenvalue weighted by atomic mass is 9.96. The van der Waals surface area contributed by atoms with Gasteiger partial charge in [-0.05, 0) is 43.4 Å². The third kappa shape index (κ3) is 4.03.